The van der Waals surface area contributed by atoms with Gasteiger partial charge in [0, 0.05) is 5.54 Å². The summed E-state index contributed by atoms with van der Waals surface area (Å²) < 4.78 is 0. The predicted molar refractivity (Wildman–Crippen MR) is 235 cm³/mol. The van der Waals surface area contributed by atoms with Crippen molar-refractivity contribution in [3.63, 3.8) is 0 Å². The molecule has 0 saturated heterocycles. The second kappa shape index (κ2) is 39.6. The standard InChI is InChI=1S/C48H101N3/c1-8-9-10-11-12-13-14-15-18-23-28-33-38-43-48(51(6)7,45-40-35-30-25-20-22-27-32-37-42-47-50(4)5)44-39-34-29-24-19-16-17-21-26-31-36-41-46-49(2)3/h8-47H2,1-7H3. The van der Waals surface area contributed by atoms with Gasteiger partial charge < -0.3 is 14.7 Å². The highest BCUT2D eigenvalue weighted by atomic mass is 15.1. The van der Waals surface area contributed by atoms with E-state index in [1.807, 2.05) is 0 Å². The van der Waals surface area contributed by atoms with Crippen LogP contribution in [0.3, 0.4) is 0 Å². The number of unbranched alkanes of at least 4 members (excludes halogenated alkanes) is 32. The van der Waals surface area contributed by atoms with Gasteiger partial charge in [0.15, 0.2) is 0 Å². The molecule has 51 heavy (non-hydrogen) atoms. The van der Waals surface area contributed by atoms with E-state index < -0.39 is 0 Å². The molecule has 3 heteroatoms. The number of hydrogen-bond donors (Lipinski definition) is 0. The van der Waals surface area contributed by atoms with E-state index in [4.69, 9.17) is 0 Å². The van der Waals surface area contributed by atoms with Crippen molar-refractivity contribution in [3.05, 3.63) is 0 Å². The average molecular weight is 720 g/mol. The molecule has 1 unspecified atom stereocenters. The monoisotopic (exact) mass is 720 g/mol. The van der Waals surface area contributed by atoms with E-state index in [9.17, 15) is 0 Å². The Morgan fingerprint density at radius 1 is 0.255 bits per heavy atom. The molecule has 0 fully saturated rings. The van der Waals surface area contributed by atoms with Gasteiger partial charge in [-0.1, -0.05) is 219 Å². The summed E-state index contributed by atoms with van der Waals surface area (Å²) in [6.07, 6.45) is 55.0. The van der Waals surface area contributed by atoms with Crippen molar-refractivity contribution in [2.24, 2.45) is 0 Å². The van der Waals surface area contributed by atoms with Gasteiger partial charge in [0.1, 0.15) is 0 Å². The summed E-state index contributed by atoms with van der Waals surface area (Å²) >= 11 is 0. The summed E-state index contributed by atoms with van der Waals surface area (Å²) in [5.41, 5.74) is 0.441. The normalized spacial score (nSPS) is 13.3. The largest absolute Gasteiger partial charge is 0.309 e. The molecule has 0 aliphatic carbocycles. The summed E-state index contributed by atoms with van der Waals surface area (Å²) in [5, 5.41) is 0. The Morgan fingerprint density at radius 2 is 0.451 bits per heavy atom. The van der Waals surface area contributed by atoms with Crippen LogP contribution in [0.4, 0.5) is 0 Å². The van der Waals surface area contributed by atoms with Crippen LogP contribution in [0, 0.1) is 0 Å². The van der Waals surface area contributed by atoms with E-state index in [0.717, 1.165) is 0 Å². The lowest BCUT2D eigenvalue weighted by molar-refractivity contribution is 0.104. The van der Waals surface area contributed by atoms with Gasteiger partial charge in [-0.3, -0.25) is 0 Å². The van der Waals surface area contributed by atoms with Gasteiger partial charge in [-0.05, 0) is 87.5 Å². The van der Waals surface area contributed by atoms with Crippen molar-refractivity contribution in [1.82, 2.24) is 14.7 Å². The van der Waals surface area contributed by atoms with Gasteiger partial charge in [0.05, 0.1) is 0 Å². The summed E-state index contributed by atoms with van der Waals surface area (Å²) in [5.74, 6) is 0. The van der Waals surface area contributed by atoms with Crippen LogP contribution < -0.4 is 0 Å². The molecule has 0 aliphatic heterocycles. The molecule has 0 spiro atoms. The summed E-state index contributed by atoms with van der Waals surface area (Å²) in [6.45, 7) is 4.83. The third kappa shape index (κ3) is 36.6. The van der Waals surface area contributed by atoms with E-state index >= 15 is 0 Å². The maximum atomic E-state index is 2.68. The molecule has 0 aliphatic rings. The Kier molecular flexibility index (Phi) is 39.5. The van der Waals surface area contributed by atoms with E-state index in [1.54, 1.807) is 0 Å². The molecule has 0 amide bonds. The van der Waals surface area contributed by atoms with Crippen LogP contribution >= 0.6 is 0 Å². The van der Waals surface area contributed by atoms with Crippen LogP contribution in [-0.4, -0.2) is 75.6 Å². The fourth-order valence-corrected chi connectivity index (χ4v) is 8.46. The van der Waals surface area contributed by atoms with Gasteiger partial charge >= 0.3 is 0 Å². The van der Waals surface area contributed by atoms with Crippen molar-refractivity contribution in [2.75, 3.05) is 55.4 Å². The smallest absolute Gasteiger partial charge is 0.0203 e. The van der Waals surface area contributed by atoms with Gasteiger partial charge in [0.2, 0.25) is 0 Å². The summed E-state index contributed by atoms with van der Waals surface area (Å²) in [6, 6.07) is 0. The molecular formula is C48H101N3. The highest BCUT2D eigenvalue weighted by molar-refractivity contribution is 4.88. The zero-order valence-electron chi connectivity index (χ0n) is 37.1. The fourth-order valence-electron chi connectivity index (χ4n) is 8.46. The molecule has 3 nitrogen and oxygen atoms in total. The van der Waals surface area contributed by atoms with Gasteiger partial charge in [0.25, 0.3) is 0 Å². The third-order valence-electron chi connectivity index (χ3n) is 12.2. The Hall–Kier alpha value is -0.120. The topological polar surface area (TPSA) is 9.72 Å². The lowest BCUT2D eigenvalue weighted by atomic mass is 9.80. The Bertz CT molecular complexity index is 646. The van der Waals surface area contributed by atoms with Gasteiger partial charge in [-0.2, -0.15) is 0 Å². The highest BCUT2D eigenvalue weighted by Gasteiger charge is 2.30. The first-order chi connectivity index (χ1) is 24.8. The molecule has 0 aromatic heterocycles. The van der Waals surface area contributed by atoms with Gasteiger partial charge in [-0.15, -0.1) is 0 Å². The van der Waals surface area contributed by atoms with Crippen LogP contribution in [0.1, 0.15) is 251 Å². The lowest BCUT2D eigenvalue weighted by Crippen LogP contribution is -2.44. The Labute approximate surface area is 325 Å². The van der Waals surface area contributed by atoms with Crippen LogP contribution in [0.5, 0.6) is 0 Å². The predicted octanol–water partition coefficient (Wildman–Crippen LogP) is 15.3. The second-order valence-electron chi connectivity index (χ2n) is 18.0. The quantitative estimate of drug-likeness (QED) is 0.0581. The van der Waals surface area contributed by atoms with Crippen LogP contribution in [0.25, 0.3) is 0 Å². The maximum absolute atomic E-state index is 2.68. The lowest BCUT2D eigenvalue weighted by Gasteiger charge is -2.41. The Morgan fingerprint density at radius 3 is 0.647 bits per heavy atom. The first-order valence-electron chi connectivity index (χ1n) is 23.8. The minimum atomic E-state index is 0.441. The molecule has 0 aromatic rings. The molecule has 0 saturated carbocycles. The zero-order valence-corrected chi connectivity index (χ0v) is 37.1. The molecule has 0 rings (SSSR count). The Balaban J connectivity index is 4.35. The zero-order chi connectivity index (χ0) is 37.5. The first kappa shape index (κ1) is 50.9. The van der Waals surface area contributed by atoms with Crippen molar-refractivity contribution in [1.29, 1.82) is 0 Å². The van der Waals surface area contributed by atoms with Crippen molar-refractivity contribution >= 4 is 0 Å². The molecule has 0 N–H and O–H groups in total. The van der Waals surface area contributed by atoms with Crippen molar-refractivity contribution in [2.45, 2.75) is 256 Å². The van der Waals surface area contributed by atoms with Crippen molar-refractivity contribution < 1.29 is 0 Å². The molecule has 0 heterocycles. The maximum Gasteiger partial charge on any atom is 0.0203 e. The number of hydrogen-bond acceptors (Lipinski definition) is 3. The molecule has 1 atom stereocenters. The number of rotatable bonds is 43. The van der Waals surface area contributed by atoms with Crippen LogP contribution in [0.2, 0.25) is 0 Å². The fraction of sp³-hybridized carbons (Fsp3) is 1.00. The summed E-state index contributed by atoms with van der Waals surface area (Å²) in [7, 11) is 13.6. The van der Waals surface area contributed by atoms with Gasteiger partial charge in [-0.25, -0.2) is 0 Å². The highest BCUT2D eigenvalue weighted by Crippen LogP contribution is 2.33. The third-order valence-corrected chi connectivity index (χ3v) is 12.2. The van der Waals surface area contributed by atoms with Crippen LogP contribution in [0.15, 0.2) is 0 Å². The molecule has 0 aromatic carbocycles. The molecule has 0 radical (unpaired) electrons. The average Bonchev–Trinajstić information content (AvgIpc) is 3.10. The first-order valence-corrected chi connectivity index (χ1v) is 23.8. The SMILES string of the molecule is CCCCCCCCCCCCCCCC(CCCCCCCCCCCCCCN(C)C)(CCCCCCCCCCCCN(C)C)N(C)C. The molecule has 0 bridgehead atoms. The second-order valence-corrected chi connectivity index (χ2v) is 18.0. The van der Waals surface area contributed by atoms with E-state index in [2.05, 4.69) is 63.9 Å². The van der Waals surface area contributed by atoms with Crippen LogP contribution in [-0.2, 0) is 0 Å². The van der Waals surface area contributed by atoms with E-state index in [-0.39, 0.29) is 0 Å². The van der Waals surface area contributed by atoms with E-state index in [1.165, 1.54) is 257 Å². The van der Waals surface area contributed by atoms with E-state index in [0.29, 0.717) is 5.54 Å². The summed E-state index contributed by atoms with van der Waals surface area (Å²) in [4.78, 5) is 7.33. The minimum absolute atomic E-state index is 0.441. The van der Waals surface area contributed by atoms with Crippen molar-refractivity contribution in [3.8, 4) is 0 Å². The molecular weight excluding hydrogens is 619 g/mol. The molecule has 308 valence electrons. The minimum Gasteiger partial charge on any atom is -0.309 e. The number of nitrogens with zero attached hydrogens (tertiary/aromatic N) is 3.